The number of aliphatic hydroxyl groups is 2. The third-order valence-corrected chi connectivity index (χ3v) is 4.62. The molecule has 126 valence electrons. The van der Waals surface area contributed by atoms with Crippen LogP contribution >= 0.6 is 0 Å². The zero-order chi connectivity index (χ0) is 16.8. The second-order valence-electron chi connectivity index (χ2n) is 6.16. The van der Waals surface area contributed by atoms with Crippen molar-refractivity contribution in [1.29, 1.82) is 0 Å². The fourth-order valence-electron chi connectivity index (χ4n) is 3.20. The molecule has 6 heteroatoms. The molecule has 2 N–H and O–H groups in total. The zero-order valence-corrected chi connectivity index (χ0v) is 13.1. The molecule has 1 aliphatic carbocycles. The number of methoxy groups -OCH3 is 1. The van der Waals surface area contributed by atoms with E-state index >= 15 is 0 Å². The molecule has 2 heterocycles. The van der Waals surface area contributed by atoms with Gasteiger partial charge in [-0.05, 0) is 24.1 Å². The highest BCUT2D eigenvalue weighted by molar-refractivity contribution is 5.34. The SMILES string of the molecule is COc1ccc(CCc2cc(=O)c3c(o2)C(O)C(O)C2OC32)cc1. The lowest BCUT2D eigenvalue weighted by Crippen LogP contribution is -2.32. The lowest BCUT2D eigenvalue weighted by molar-refractivity contribution is -0.0137. The van der Waals surface area contributed by atoms with E-state index in [1.807, 2.05) is 24.3 Å². The predicted octanol–water partition coefficient (Wildman–Crippen LogP) is 1.28. The van der Waals surface area contributed by atoms with Gasteiger partial charge in [-0.2, -0.15) is 0 Å². The van der Waals surface area contributed by atoms with Crippen LogP contribution in [-0.4, -0.2) is 29.5 Å². The van der Waals surface area contributed by atoms with E-state index in [9.17, 15) is 15.0 Å². The van der Waals surface area contributed by atoms with Crippen LogP contribution in [0.1, 0.15) is 34.9 Å². The molecular formula is C18H18O6. The summed E-state index contributed by atoms with van der Waals surface area (Å²) in [5.74, 6) is 1.41. The van der Waals surface area contributed by atoms with Crippen molar-refractivity contribution in [1.82, 2.24) is 0 Å². The van der Waals surface area contributed by atoms with Crippen molar-refractivity contribution in [3.8, 4) is 5.75 Å². The van der Waals surface area contributed by atoms with Gasteiger partial charge in [0.1, 0.15) is 41.7 Å². The molecule has 2 aliphatic rings. The molecule has 0 amide bonds. The van der Waals surface area contributed by atoms with Crippen LogP contribution < -0.4 is 10.2 Å². The molecule has 24 heavy (non-hydrogen) atoms. The van der Waals surface area contributed by atoms with Gasteiger partial charge in [-0.15, -0.1) is 0 Å². The normalized spacial score (nSPS) is 27.3. The second kappa shape index (κ2) is 5.73. The van der Waals surface area contributed by atoms with Crippen molar-refractivity contribution in [2.45, 2.75) is 37.3 Å². The molecule has 0 saturated carbocycles. The number of benzene rings is 1. The van der Waals surface area contributed by atoms with E-state index in [0.717, 1.165) is 11.3 Å². The van der Waals surface area contributed by atoms with Crippen molar-refractivity contribution < 1.29 is 24.1 Å². The molecule has 4 unspecified atom stereocenters. The summed E-state index contributed by atoms with van der Waals surface area (Å²) < 4.78 is 16.1. The number of fused-ring (bicyclic) bond motifs is 3. The van der Waals surface area contributed by atoms with E-state index in [1.54, 1.807) is 7.11 Å². The van der Waals surface area contributed by atoms with Gasteiger partial charge in [-0.25, -0.2) is 0 Å². The van der Waals surface area contributed by atoms with Crippen LogP contribution in [0.15, 0.2) is 39.5 Å². The smallest absolute Gasteiger partial charge is 0.191 e. The average Bonchev–Trinajstić information content (AvgIpc) is 3.38. The van der Waals surface area contributed by atoms with Gasteiger partial charge in [0.2, 0.25) is 0 Å². The van der Waals surface area contributed by atoms with Gasteiger partial charge >= 0.3 is 0 Å². The Kier molecular flexibility index (Phi) is 3.68. The van der Waals surface area contributed by atoms with Crippen LogP contribution in [0.2, 0.25) is 0 Å². The van der Waals surface area contributed by atoms with E-state index < -0.39 is 24.4 Å². The van der Waals surface area contributed by atoms with Gasteiger partial charge < -0.3 is 24.1 Å². The molecule has 0 bridgehead atoms. The maximum Gasteiger partial charge on any atom is 0.191 e. The Morgan fingerprint density at radius 1 is 1.17 bits per heavy atom. The number of aliphatic hydroxyl groups excluding tert-OH is 2. The van der Waals surface area contributed by atoms with E-state index in [2.05, 4.69) is 0 Å². The Labute approximate surface area is 138 Å². The van der Waals surface area contributed by atoms with Gasteiger partial charge in [0.25, 0.3) is 0 Å². The van der Waals surface area contributed by atoms with E-state index in [4.69, 9.17) is 13.9 Å². The first-order valence-corrected chi connectivity index (χ1v) is 7.90. The number of rotatable bonds is 4. The van der Waals surface area contributed by atoms with Crippen LogP contribution in [-0.2, 0) is 17.6 Å². The molecule has 1 aromatic carbocycles. The Bertz CT molecular complexity index is 809. The molecule has 1 aromatic heterocycles. The minimum Gasteiger partial charge on any atom is -0.497 e. The van der Waals surface area contributed by atoms with Gasteiger partial charge in [0.05, 0.1) is 12.7 Å². The molecule has 6 nitrogen and oxygen atoms in total. The number of aryl methyl sites for hydroxylation is 2. The minimum absolute atomic E-state index is 0.137. The molecule has 1 fully saturated rings. The third kappa shape index (κ3) is 2.53. The molecule has 0 radical (unpaired) electrons. The summed E-state index contributed by atoms with van der Waals surface area (Å²) in [7, 11) is 1.62. The number of ether oxygens (including phenoxy) is 2. The molecule has 1 aliphatic heterocycles. The van der Waals surface area contributed by atoms with Crippen LogP contribution in [0.4, 0.5) is 0 Å². The standard InChI is InChI=1S/C18H18O6/c1-22-10-5-2-9(3-6-10)4-7-11-8-12(19)13-16(23-11)14(20)15(21)18-17(13)24-18/h2-3,5-6,8,14-15,17-18,20-21H,4,7H2,1H3. The lowest BCUT2D eigenvalue weighted by Gasteiger charge is -2.21. The van der Waals surface area contributed by atoms with Crippen molar-refractivity contribution in [2.75, 3.05) is 7.11 Å². The average molecular weight is 330 g/mol. The molecular weight excluding hydrogens is 312 g/mol. The van der Waals surface area contributed by atoms with Crippen LogP contribution in [0, 0.1) is 0 Å². The summed E-state index contributed by atoms with van der Waals surface area (Å²) >= 11 is 0. The lowest BCUT2D eigenvalue weighted by atomic mass is 9.92. The second-order valence-corrected chi connectivity index (χ2v) is 6.16. The Morgan fingerprint density at radius 3 is 2.62 bits per heavy atom. The molecule has 4 rings (SSSR count). The Morgan fingerprint density at radius 2 is 1.92 bits per heavy atom. The van der Waals surface area contributed by atoms with Crippen LogP contribution in [0.25, 0.3) is 0 Å². The minimum atomic E-state index is -1.22. The summed E-state index contributed by atoms with van der Waals surface area (Å²) in [5, 5.41) is 20.1. The maximum absolute atomic E-state index is 12.3. The largest absolute Gasteiger partial charge is 0.497 e. The Hall–Kier alpha value is -2.15. The first kappa shape index (κ1) is 15.4. The zero-order valence-electron chi connectivity index (χ0n) is 13.1. The number of hydrogen-bond donors (Lipinski definition) is 2. The van der Waals surface area contributed by atoms with Gasteiger partial charge in [0.15, 0.2) is 5.43 Å². The first-order valence-electron chi connectivity index (χ1n) is 7.90. The molecule has 1 saturated heterocycles. The van der Waals surface area contributed by atoms with E-state index in [-0.39, 0.29) is 11.2 Å². The number of epoxide rings is 1. The predicted molar refractivity (Wildman–Crippen MR) is 84.0 cm³/mol. The van der Waals surface area contributed by atoms with E-state index in [0.29, 0.717) is 24.2 Å². The number of hydrogen-bond acceptors (Lipinski definition) is 6. The topological polar surface area (TPSA) is 92.4 Å². The van der Waals surface area contributed by atoms with Gasteiger partial charge in [-0.3, -0.25) is 4.79 Å². The fourth-order valence-corrected chi connectivity index (χ4v) is 3.20. The summed E-state index contributed by atoms with van der Waals surface area (Å²) in [6.07, 6.45) is -2.02. The highest BCUT2D eigenvalue weighted by atomic mass is 16.6. The van der Waals surface area contributed by atoms with Crippen molar-refractivity contribution in [2.24, 2.45) is 0 Å². The third-order valence-electron chi connectivity index (χ3n) is 4.62. The molecule has 0 spiro atoms. The highest BCUT2D eigenvalue weighted by Crippen LogP contribution is 2.49. The molecule has 2 aromatic rings. The highest BCUT2D eigenvalue weighted by Gasteiger charge is 2.56. The van der Waals surface area contributed by atoms with E-state index in [1.165, 1.54) is 6.07 Å². The van der Waals surface area contributed by atoms with Crippen LogP contribution in [0.3, 0.4) is 0 Å². The van der Waals surface area contributed by atoms with Gasteiger partial charge in [-0.1, -0.05) is 12.1 Å². The Balaban J connectivity index is 1.56. The maximum atomic E-state index is 12.3. The summed E-state index contributed by atoms with van der Waals surface area (Å²) in [6.45, 7) is 0. The fraction of sp³-hybridized carbons (Fsp3) is 0.389. The summed E-state index contributed by atoms with van der Waals surface area (Å²) in [4.78, 5) is 12.3. The quantitative estimate of drug-likeness (QED) is 0.821. The summed E-state index contributed by atoms with van der Waals surface area (Å²) in [5.41, 5.74) is 1.22. The van der Waals surface area contributed by atoms with Gasteiger partial charge in [0, 0.05) is 12.5 Å². The summed E-state index contributed by atoms with van der Waals surface area (Å²) in [6, 6.07) is 9.12. The van der Waals surface area contributed by atoms with Crippen molar-refractivity contribution in [3.05, 3.63) is 63.2 Å². The first-order chi connectivity index (χ1) is 11.6. The van der Waals surface area contributed by atoms with Crippen molar-refractivity contribution >= 4 is 0 Å². The van der Waals surface area contributed by atoms with Crippen LogP contribution in [0.5, 0.6) is 5.75 Å². The van der Waals surface area contributed by atoms with Crippen molar-refractivity contribution in [3.63, 3.8) is 0 Å². The monoisotopic (exact) mass is 330 g/mol. The molecule has 4 atom stereocenters.